The molecule has 0 spiro atoms. The first kappa shape index (κ1) is 33.9. The molecule has 44 heavy (non-hydrogen) atoms. The topological polar surface area (TPSA) is 87.7 Å². The van der Waals surface area contributed by atoms with Crippen molar-refractivity contribution in [3.63, 3.8) is 0 Å². The molecular weight excluding hydrogens is 550 g/mol. The number of hydrogen-bond donors (Lipinski definition) is 2. The molecule has 2 unspecified atom stereocenters. The van der Waals surface area contributed by atoms with Crippen LogP contribution in [0.25, 0.3) is 0 Å². The molecule has 0 aliphatic heterocycles. The van der Waals surface area contributed by atoms with Crippen molar-refractivity contribution in [2.45, 2.75) is 84.9 Å². The molecule has 0 saturated carbocycles. The summed E-state index contributed by atoms with van der Waals surface area (Å²) in [6.07, 6.45) is 7.63. The minimum absolute atomic E-state index is 0.227. The second kappa shape index (κ2) is 15.8. The largest absolute Gasteiger partial charge is 0.444 e. The molecule has 0 aromatic heterocycles. The molecular formula is C37H45N3O4. The second-order valence-corrected chi connectivity index (χ2v) is 12.1. The molecule has 2 atom stereocenters. The van der Waals surface area contributed by atoms with E-state index in [0.717, 1.165) is 29.5 Å². The van der Waals surface area contributed by atoms with E-state index in [2.05, 4.69) is 23.5 Å². The fraction of sp³-hybridized carbons (Fsp3) is 0.378. The summed E-state index contributed by atoms with van der Waals surface area (Å²) in [5.41, 5.74) is 3.93. The zero-order chi connectivity index (χ0) is 32.3. The van der Waals surface area contributed by atoms with Gasteiger partial charge in [0.05, 0.1) is 0 Å². The van der Waals surface area contributed by atoms with Gasteiger partial charge in [0.1, 0.15) is 17.7 Å². The number of nitrogens with one attached hydrogen (secondary N) is 2. The van der Waals surface area contributed by atoms with Crippen molar-refractivity contribution in [2.75, 3.05) is 11.9 Å². The van der Waals surface area contributed by atoms with Crippen molar-refractivity contribution in [1.29, 1.82) is 0 Å². The second-order valence-electron chi connectivity index (χ2n) is 12.1. The van der Waals surface area contributed by atoms with Gasteiger partial charge in [0.2, 0.25) is 5.91 Å². The van der Waals surface area contributed by atoms with Crippen molar-refractivity contribution >= 4 is 23.6 Å². The van der Waals surface area contributed by atoms with Crippen molar-refractivity contribution in [3.8, 4) is 12.3 Å². The molecule has 0 saturated heterocycles. The molecule has 0 heterocycles. The third kappa shape index (κ3) is 9.74. The summed E-state index contributed by atoms with van der Waals surface area (Å²) in [5, 5.41) is 5.92. The summed E-state index contributed by atoms with van der Waals surface area (Å²) in [6, 6.07) is 20.4. The quantitative estimate of drug-likeness (QED) is 0.172. The van der Waals surface area contributed by atoms with Crippen LogP contribution in [-0.4, -0.2) is 41.0 Å². The Labute approximate surface area is 262 Å². The number of alkyl carbamates (subject to hydrolysis) is 1. The van der Waals surface area contributed by atoms with Crippen LogP contribution in [0, 0.1) is 26.2 Å². The van der Waals surface area contributed by atoms with Crippen LogP contribution in [-0.2, 0) is 20.7 Å². The third-order valence-corrected chi connectivity index (χ3v) is 7.24. The van der Waals surface area contributed by atoms with Crippen LogP contribution in [0.15, 0.2) is 72.8 Å². The Balaban J connectivity index is 2.10. The predicted molar refractivity (Wildman–Crippen MR) is 176 cm³/mol. The average molecular weight is 596 g/mol. The zero-order valence-electron chi connectivity index (χ0n) is 26.8. The normalized spacial score (nSPS) is 12.4. The zero-order valence-corrected chi connectivity index (χ0v) is 26.8. The van der Waals surface area contributed by atoms with Crippen molar-refractivity contribution in [2.24, 2.45) is 0 Å². The minimum Gasteiger partial charge on any atom is -0.444 e. The summed E-state index contributed by atoms with van der Waals surface area (Å²) in [6.45, 7) is 11.6. The highest BCUT2D eigenvalue weighted by molar-refractivity contribution is 6.00. The van der Waals surface area contributed by atoms with Gasteiger partial charge < -0.3 is 20.3 Å². The summed E-state index contributed by atoms with van der Waals surface area (Å²) in [5.74, 6) is 1.89. The Morgan fingerprint density at radius 2 is 1.55 bits per heavy atom. The van der Waals surface area contributed by atoms with Crippen LogP contribution in [0.2, 0.25) is 0 Å². The molecule has 7 nitrogen and oxygen atoms in total. The maximum atomic E-state index is 14.6. The van der Waals surface area contributed by atoms with E-state index in [0.29, 0.717) is 29.8 Å². The van der Waals surface area contributed by atoms with E-state index in [1.165, 1.54) is 0 Å². The van der Waals surface area contributed by atoms with E-state index in [1.54, 1.807) is 49.9 Å². The molecule has 3 amide bonds. The fourth-order valence-electron chi connectivity index (χ4n) is 5.04. The number of terminal acetylenes is 1. The Bertz CT molecular complexity index is 1430. The number of amides is 3. The molecule has 3 rings (SSSR count). The number of nitrogens with zero attached hydrogens (tertiary/aromatic N) is 1. The lowest BCUT2D eigenvalue weighted by atomic mass is 9.98. The highest BCUT2D eigenvalue weighted by Crippen LogP contribution is 2.28. The van der Waals surface area contributed by atoms with E-state index in [4.69, 9.17) is 11.2 Å². The van der Waals surface area contributed by atoms with Crippen molar-refractivity contribution in [3.05, 3.63) is 101 Å². The monoisotopic (exact) mass is 595 g/mol. The molecule has 0 bridgehead atoms. The van der Waals surface area contributed by atoms with Gasteiger partial charge in [0.15, 0.2) is 0 Å². The summed E-state index contributed by atoms with van der Waals surface area (Å²) < 4.78 is 5.54. The van der Waals surface area contributed by atoms with Crippen LogP contribution in [0.4, 0.5) is 10.5 Å². The van der Waals surface area contributed by atoms with Gasteiger partial charge in [-0.15, -0.1) is 6.42 Å². The molecule has 0 aliphatic rings. The van der Waals surface area contributed by atoms with Crippen LogP contribution in [0.3, 0.4) is 0 Å². The third-order valence-electron chi connectivity index (χ3n) is 7.24. The van der Waals surface area contributed by atoms with E-state index < -0.39 is 23.8 Å². The van der Waals surface area contributed by atoms with Gasteiger partial charge in [0, 0.05) is 24.2 Å². The molecule has 0 aliphatic carbocycles. The van der Waals surface area contributed by atoms with E-state index >= 15 is 0 Å². The Morgan fingerprint density at radius 3 is 2.11 bits per heavy atom. The number of hydrogen-bond acceptors (Lipinski definition) is 4. The molecule has 3 aromatic rings. The fourth-order valence-corrected chi connectivity index (χ4v) is 5.04. The van der Waals surface area contributed by atoms with Gasteiger partial charge in [0.25, 0.3) is 5.91 Å². The summed E-state index contributed by atoms with van der Waals surface area (Å²) in [4.78, 5) is 43.5. The summed E-state index contributed by atoms with van der Waals surface area (Å²) >= 11 is 0. The molecule has 232 valence electrons. The lowest BCUT2D eigenvalue weighted by molar-refractivity contribution is -0.140. The lowest BCUT2D eigenvalue weighted by Gasteiger charge is -2.35. The van der Waals surface area contributed by atoms with Gasteiger partial charge in [-0.1, -0.05) is 86.3 Å². The highest BCUT2D eigenvalue weighted by atomic mass is 16.6. The van der Waals surface area contributed by atoms with E-state index in [1.807, 2.05) is 62.4 Å². The number of para-hydroxylation sites is 1. The lowest BCUT2D eigenvalue weighted by Crippen LogP contribution is -2.53. The first-order valence-electron chi connectivity index (χ1n) is 15.2. The van der Waals surface area contributed by atoms with E-state index in [9.17, 15) is 14.4 Å². The van der Waals surface area contributed by atoms with Gasteiger partial charge >= 0.3 is 6.09 Å². The summed E-state index contributed by atoms with van der Waals surface area (Å²) in [7, 11) is 0. The maximum absolute atomic E-state index is 14.6. The van der Waals surface area contributed by atoms with Gasteiger partial charge in [-0.25, -0.2) is 4.79 Å². The first-order chi connectivity index (χ1) is 20.9. The van der Waals surface area contributed by atoms with Crippen LogP contribution < -0.4 is 10.6 Å². The number of anilines is 1. The van der Waals surface area contributed by atoms with Gasteiger partial charge in [-0.3, -0.25) is 9.59 Å². The molecule has 2 N–H and O–H groups in total. The Kier molecular flexibility index (Phi) is 12.2. The maximum Gasteiger partial charge on any atom is 0.408 e. The number of rotatable bonds is 12. The number of carbonyl (C=O) groups is 3. The number of unbranched alkanes of at least 4 members (excludes halogenated alkanes) is 2. The van der Waals surface area contributed by atoms with Crippen LogP contribution >= 0.6 is 0 Å². The molecule has 0 radical (unpaired) electrons. The number of carbonyl (C=O) groups excluding carboxylic acids is 3. The molecule has 7 heteroatoms. The SMILES string of the molecule is C#Cc1ccc(C(C(=O)Nc2c(C)cccc2C)N(CCCCC)C(=O)C(Cc2ccccc2)NC(=O)OC(C)(C)C)cc1. The average Bonchev–Trinajstić information content (AvgIpc) is 2.98. The van der Waals surface area contributed by atoms with Crippen LogP contribution in [0.1, 0.15) is 80.8 Å². The number of benzene rings is 3. The molecule has 3 aromatic carbocycles. The standard InChI is InChI=1S/C37H45N3O4/c1-8-10-14-24-40(35(42)31(25-29-18-12-11-13-19-29)38-36(43)44-37(5,6)7)33(30-22-20-28(9-2)21-23-30)34(41)39-32-26(3)16-15-17-27(32)4/h2,11-13,15-23,31,33H,8,10,14,24-25H2,1,3-7H3,(H,38,43)(H,39,41). The van der Waals surface area contributed by atoms with Crippen LogP contribution in [0.5, 0.6) is 0 Å². The Hall–Kier alpha value is -4.57. The number of aryl methyl sites for hydroxylation is 2. The first-order valence-corrected chi connectivity index (χ1v) is 15.2. The van der Waals surface area contributed by atoms with Crippen molar-refractivity contribution in [1.82, 2.24) is 10.2 Å². The molecule has 0 fully saturated rings. The Morgan fingerprint density at radius 1 is 0.909 bits per heavy atom. The van der Waals surface area contributed by atoms with Gasteiger partial charge in [-0.2, -0.15) is 0 Å². The van der Waals surface area contributed by atoms with Gasteiger partial charge in [-0.05, 0) is 75.4 Å². The smallest absolute Gasteiger partial charge is 0.408 e. The number of ether oxygens (including phenoxy) is 1. The van der Waals surface area contributed by atoms with E-state index in [-0.39, 0.29) is 18.2 Å². The predicted octanol–water partition coefficient (Wildman–Crippen LogP) is 7.12. The minimum atomic E-state index is -0.983. The van der Waals surface area contributed by atoms with Crippen molar-refractivity contribution < 1.29 is 19.1 Å². The highest BCUT2D eigenvalue weighted by Gasteiger charge is 2.36.